The van der Waals surface area contributed by atoms with E-state index >= 15 is 0 Å². The SMILES string of the molecule is CC1(C)C[C@](C)(c2ccccc2)c2cc(SC#N)ccc2N1. The summed E-state index contributed by atoms with van der Waals surface area (Å²) in [6.45, 7) is 6.80. The molecule has 1 heterocycles. The van der Waals surface area contributed by atoms with Gasteiger partial charge < -0.3 is 5.32 Å². The van der Waals surface area contributed by atoms with E-state index in [0.717, 1.165) is 11.3 Å². The molecule has 22 heavy (non-hydrogen) atoms. The molecule has 1 N–H and O–H groups in total. The highest BCUT2D eigenvalue weighted by molar-refractivity contribution is 8.03. The zero-order valence-electron chi connectivity index (χ0n) is 13.2. The van der Waals surface area contributed by atoms with Gasteiger partial charge in [-0.1, -0.05) is 37.3 Å². The van der Waals surface area contributed by atoms with Crippen molar-refractivity contribution in [1.82, 2.24) is 0 Å². The molecule has 3 rings (SSSR count). The topological polar surface area (TPSA) is 35.8 Å². The fraction of sp³-hybridized carbons (Fsp3) is 0.316. The van der Waals surface area contributed by atoms with Gasteiger partial charge in [-0.05, 0) is 61.4 Å². The number of hydrogen-bond acceptors (Lipinski definition) is 3. The maximum atomic E-state index is 8.95. The van der Waals surface area contributed by atoms with Gasteiger partial charge in [0.15, 0.2) is 0 Å². The van der Waals surface area contributed by atoms with Crippen LogP contribution in [0.15, 0.2) is 53.4 Å². The van der Waals surface area contributed by atoms with Gasteiger partial charge in [-0.15, -0.1) is 0 Å². The highest BCUT2D eigenvalue weighted by Crippen LogP contribution is 2.48. The van der Waals surface area contributed by atoms with E-state index < -0.39 is 0 Å². The van der Waals surface area contributed by atoms with Gasteiger partial charge in [0, 0.05) is 21.5 Å². The molecule has 0 aromatic heterocycles. The first kappa shape index (κ1) is 15.0. The van der Waals surface area contributed by atoms with E-state index in [4.69, 9.17) is 5.26 Å². The molecule has 3 heteroatoms. The second-order valence-corrected chi connectivity index (χ2v) is 7.64. The number of fused-ring (bicyclic) bond motifs is 1. The van der Waals surface area contributed by atoms with Crippen molar-refractivity contribution in [1.29, 1.82) is 5.26 Å². The van der Waals surface area contributed by atoms with E-state index in [1.807, 2.05) is 6.07 Å². The predicted molar refractivity (Wildman–Crippen MR) is 93.1 cm³/mol. The van der Waals surface area contributed by atoms with Crippen LogP contribution >= 0.6 is 11.8 Å². The molecule has 0 bridgehead atoms. The zero-order valence-corrected chi connectivity index (χ0v) is 14.0. The standard InChI is InChI=1S/C19H20N2S/c1-18(2)12-19(3,14-7-5-4-6-8-14)16-11-15(22-13-20)9-10-17(16)21-18/h4-11,21H,12H2,1-3H3/t19-/m1/s1. The normalized spacial score (nSPS) is 22.3. The first-order valence-corrected chi connectivity index (χ1v) is 8.30. The minimum absolute atomic E-state index is 0.0292. The number of nitrogens with zero attached hydrogens (tertiary/aromatic N) is 1. The quantitative estimate of drug-likeness (QED) is 0.615. The summed E-state index contributed by atoms with van der Waals surface area (Å²) >= 11 is 1.22. The number of hydrogen-bond donors (Lipinski definition) is 1. The Labute approximate surface area is 136 Å². The van der Waals surface area contributed by atoms with Crippen LogP contribution in [0.5, 0.6) is 0 Å². The summed E-state index contributed by atoms with van der Waals surface area (Å²) in [5.74, 6) is 0. The Hall–Kier alpha value is -1.92. The second-order valence-electron chi connectivity index (χ2n) is 6.78. The van der Waals surface area contributed by atoms with Gasteiger partial charge in [0.1, 0.15) is 5.40 Å². The number of anilines is 1. The molecule has 112 valence electrons. The summed E-state index contributed by atoms with van der Waals surface area (Å²) in [5, 5.41) is 14.8. The minimum Gasteiger partial charge on any atom is -0.380 e. The van der Waals surface area contributed by atoms with E-state index in [1.54, 1.807) is 0 Å². The van der Waals surface area contributed by atoms with Crippen LogP contribution in [0.1, 0.15) is 38.3 Å². The summed E-state index contributed by atoms with van der Waals surface area (Å²) < 4.78 is 0. The molecule has 0 saturated heterocycles. The lowest BCUT2D eigenvalue weighted by Gasteiger charge is -2.46. The van der Waals surface area contributed by atoms with Crippen molar-refractivity contribution in [3.05, 3.63) is 59.7 Å². The van der Waals surface area contributed by atoms with Crippen LogP contribution in [0.2, 0.25) is 0 Å². The lowest BCUT2D eigenvalue weighted by Crippen LogP contribution is -2.45. The van der Waals surface area contributed by atoms with Crippen molar-refractivity contribution in [2.45, 2.75) is 43.0 Å². The molecule has 0 radical (unpaired) electrons. The molecular formula is C19H20N2S. The van der Waals surface area contributed by atoms with Crippen molar-refractivity contribution in [2.75, 3.05) is 5.32 Å². The van der Waals surface area contributed by atoms with Gasteiger partial charge in [0.2, 0.25) is 0 Å². The number of nitrogens with one attached hydrogen (secondary N) is 1. The van der Waals surface area contributed by atoms with E-state index in [2.05, 4.69) is 74.0 Å². The Bertz CT molecular complexity index is 731. The lowest BCUT2D eigenvalue weighted by molar-refractivity contribution is 0.377. The molecule has 2 aromatic rings. The number of nitriles is 1. The number of rotatable bonds is 2. The van der Waals surface area contributed by atoms with Crippen molar-refractivity contribution in [3.8, 4) is 5.40 Å². The Morgan fingerprint density at radius 3 is 2.50 bits per heavy atom. The van der Waals surface area contributed by atoms with Crippen LogP contribution in [-0.2, 0) is 5.41 Å². The highest BCUT2D eigenvalue weighted by Gasteiger charge is 2.41. The van der Waals surface area contributed by atoms with Gasteiger partial charge in [0.25, 0.3) is 0 Å². The molecular weight excluding hydrogens is 288 g/mol. The van der Waals surface area contributed by atoms with Crippen molar-refractivity contribution < 1.29 is 0 Å². The number of thiocyanates is 1. The zero-order chi connectivity index (χ0) is 15.8. The molecule has 1 aliphatic heterocycles. The van der Waals surface area contributed by atoms with Gasteiger partial charge in [-0.2, -0.15) is 5.26 Å². The van der Waals surface area contributed by atoms with E-state index in [1.165, 1.54) is 28.6 Å². The Balaban J connectivity index is 2.19. The summed E-state index contributed by atoms with van der Waals surface area (Å²) in [6, 6.07) is 17.0. The third-order valence-corrected chi connectivity index (χ3v) is 5.01. The Morgan fingerprint density at radius 1 is 1.09 bits per heavy atom. The molecule has 0 aliphatic carbocycles. The van der Waals surface area contributed by atoms with Crippen molar-refractivity contribution in [2.24, 2.45) is 0 Å². The number of benzene rings is 2. The summed E-state index contributed by atoms with van der Waals surface area (Å²) in [6.07, 6.45) is 1.01. The van der Waals surface area contributed by atoms with Crippen LogP contribution in [0, 0.1) is 10.7 Å². The maximum Gasteiger partial charge on any atom is 0.138 e. The van der Waals surface area contributed by atoms with E-state index in [0.29, 0.717) is 0 Å². The average molecular weight is 308 g/mol. The molecule has 0 saturated carbocycles. The average Bonchev–Trinajstić information content (AvgIpc) is 2.48. The molecule has 0 spiro atoms. The van der Waals surface area contributed by atoms with Crippen LogP contribution < -0.4 is 5.32 Å². The molecule has 1 aliphatic rings. The largest absolute Gasteiger partial charge is 0.380 e. The third kappa shape index (κ3) is 2.60. The summed E-state index contributed by atoms with van der Waals surface area (Å²) in [7, 11) is 0. The van der Waals surface area contributed by atoms with Crippen LogP contribution in [0.3, 0.4) is 0 Å². The smallest absolute Gasteiger partial charge is 0.138 e. The molecule has 1 atom stereocenters. The van der Waals surface area contributed by atoms with Gasteiger partial charge >= 0.3 is 0 Å². The van der Waals surface area contributed by atoms with Gasteiger partial charge in [0.05, 0.1) is 0 Å². The monoisotopic (exact) mass is 308 g/mol. The van der Waals surface area contributed by atoms with Crippen LogP contribution in [0.25, 0.3) is 0 Å². The summed E-state index contributed by atoms with van der Waals surface area (Å²) in [5.41, 5.74) is 3.74. The first-order chi connectivity index (χ1) is 10.4. The molecule has 2 nitrogen and oxygen atoms in total. The van der Waals surface area contributed by atoms with Crippen LogP contribution in [-0.4, -0.2) is 5.54 Å². The van der Waals surface area contributed by atoms with E-state index in [9.17, 15) is 0 Å². The van der Waals surface area contributed by atoms with Crippen molar-refractivity contribution in [3.63, 3.8) is 0 Å². The Morgan fingerprint density at radius 2 is 1.82 bits per heavy atom. The highest BCUT2D eigenvalue weighted by atomic mass is 32.2. The molecule has 0 amide bonds. The van der Waals surface area contributed by atoms with Crippen LogP contribution in [0.4, 0.5) is 5.69 Å². The van der Waals surface area contributed by atoms with E-state index in [-0.39, 0.29) is 11.0 Å². The maximum absolute atomic E-state index is 8.95. The second kappa shape index (κ2) is 5.37. The number of thioether (sulfide) groups is 1. The van der Waals surface area contributed by atoms with Gasteiger partial charge in [-0.25, -0.2) is 0 Å². The third-order valence-electron chi connectivity index (χ3n) is 4.43. The molecule has 0 fully saturated rings. The first-order valence-electron chi connectivity index (χ1n) is 7.49. The lowest BCUT2D eigenvalue weighted by atomic mass is 9.66. The van der Waals surface area contributed by atoms with Gasteiger partial charge in [-0.3, -0.25) is 0 Å². The Kier molecular flexibility index (Phi) is 3.66. The summed E-state index contributed by atoms with van der Waals surface area (Å²) in [4.78, 5) is 1.00. The molecule has 0 unspecified atom stereocenters. The fourth-order valence-corrected chi connectivity index (χ4v) is 4.07. The minimum atomic E-state index is -0.0582. The fourth-order valence-electron chi connectivity index (χ4n) is 3.66. The van der Waals surface area contributed by atoms with Crippen molar-refractivity contribution >= 4 is 17.4 Å². The predicted octanol–water partition coefficient (Wildman–Crippen LogP) is 5.16. The molecule has 2 aromatic carbocycles.